The van der Waals surface area contributed by atoms with Crippen LogP contribution in [0.5, 0.6) is 0 Å². The summed E-state index contributed by atoms with van der Waals surface area (Å²) >= 11 is 1.68. The Hall–Kier alpha value is -2.32. The van der Waals surface area contributed by atoms with Gasteiger partial charge in [-0.15, -0.1) is 0 Å². The van der Waals surface area contributed by atoms with Gasteiger partial charge >= 0.3 is 11.9 Å². The van der Waals surface area contributed by atoms with Gasteiger partial charge in [0.2, 0.25) is 0 Å². The van der Waals surface area contributed by atoms with E-state index in [1.54, 1.807) is 11.8 Å². The minimum atomic E-state index is -1.02. The van der Waals surface area contributed by atoms with E-state index in [4.69, 9.17) is 19.6 Å². The first kappa shape index (κ1) is 24.0. The van der Waals surface area contributed by atoms with Crippen molar-refractivity contribution in [1.82, 2.24) is 9.55 Å². The Kier molecular flexibility index (Phi) is 8.92. The maximum absolute atomic E-state index is 11.5. The third-order valence-corrected chi connectivity index (χ3v) is 5.44. The van der Waals surface area contributed by atoms with Crippen LogP contribution >= 0.6 is 11.8 Å². The SMILES string of the molecule is Cc1cc(C)cc(Sc2c(C(C)C)nc(C)n2COCCOC(=O)CCC(=O)O)c1. The molecule has 30 heavy (non-hydrogen) atoms. The second kappa shape index (κ2) is 11.2. The quantitative estimate of drug-likeness (QED) is 0.412. The van der Waals surface area contributed by atoms with Crippen molar-refractivity contribution in [3.63, 3.8) is 0 Å². The lowest BCUT2D eigenvalue weighted by molar-refractivity contribution is -0.149. The molecule has 0 saturated heterocycles. The molecule has 8 heteroatoms. The van der Waals surface area contributed by atoms with Crippen molar-refractivity contribution in [2.45, 2.75) is 70.0 Å². The number of carboxylic acid groups (broad SMARTS) is 1. The number of ether oxygens (including phenoxy) is 2. The number of nitrogens with zero attached hydrogens (tertiary/aromatic N) is 2. The van der Waals surface area contributed by atoms with E-state index >= 15 is 0 Å². The number of esters is 1. The number of benzene rings is 1. The Balaban J connectivity index is 2.01. The summed E-state index contributed by atoms with van der Waals surface area (Å²) in [5.41, 5.74) is 3.46. The molecular weight excluding hydrogens is 404 g/mol. The van der Waals surface area contributed by atoms with Crippen LogP contribution in [0.3, 0.4) is 0 Å². The summed E-state index contributed by atoms with van der Waals surface area (Å²) in [6.45, 7) is 11.0. The maximum atomic E-state index is 11.5. The van der Waals surface area contributed by atoms with E-state index in [-0.39, 0.29) is 32.0 Å². The van der Waals surface area contributed by atoms with Gasteiger partial charge < -0.3 is 14.6 Å². The average Bonchev–Trinajstić information content (AvgIpc) is 2.95. The summed E-state index contributed by atoms with van der Waals surface area (Å²) in [6, 6.07) is 6.47. The molecule has 1 N–H and O–H groups in total. The summed E-state index contributed by atoms with van der Waals surface area (Å²) in [4.78, 5) is 27.8. The summed E-state index contributed by atoms with van der Waals surface area (Å²) in [5.74, 6) is -0.417. The fourth-order valence-electron chi connectivity index (χ4n) is 2.96. The van der Waals surface area contributed by atoms with Crippen molar-refractivity contribution < 1.29 is 24.2 Å². The van der Waals surface area contributed by atoms with Gasteiger partial charge in [-0.05, 0) is 49.9 Å². The molecule has 0 fully saturated rings. The number of rotatable bonds is 11. The zero-order valence-electron chi connectivity index (χ0n) is 18.2. The molecule has 0 unspecified atom stereocenters. The van der Waals surface area contributed by atoms with Crippen LogP contribution in [0.25, 0.3) is 0 Å². The molecule has 2 aromatic rings. The van der Waals surface area contributed by atoms with Gasteiger partial charge in [0.1, 0.15) is 24.2 Å². The minimum Gasteiger partial charge on any atom is -0.481 e. The minimum absolute atomic E-state index is 0.0861. The molecule has 1 heterocycles. The fraction of sp³-hybridized carbons (Fsp3) is 0.500. The Morgan fingerprint density at radius 3 is 2.37 bits per heavy atom. The van der Waals surface area contributed by atoms with E-state index in [1.807, 2.05) is 11.5 Å². The summed E-state index contributed by atoms with van der Waals surface area (Å²) < 4.78 is 12.7. The molecule has 0 atom stereocenters. The zero-order valence-corrected chi connectivity index (χ0v) is 19.0. The number of imidazole rings is 1. The first-order valence-electron chi connectivity index (χ1n) is 9.95. The summed E-state index contributed by atoms with van der Waals surface area (Å²) in [5, 5.41) is 9.63. The first-order valence-corrected chi connectivity index (χ1v) is 10.8. The summed E-state index contributed by atoms with van der Waals surface area (Å²) in [7, 11) is 0. The molecule has 2 rings (SSSR count). The Morgan fingerprint density at radius 1 is 1.10 bits per heavy atom. The van der Waals surface area contributed by atoms with Crippen LogP contribution in [-0.2, 0) is 25.8 Å². The Morgan fingerprint density at radius 2 is 1.77 bits per heavy atom. The Bertz CT molecular complexity index is 872. The molecule has 0 radical (unpaired) electrons. The highest BCUT2D eigenvalue weighted by Crippen LogP contribution is 2.35. The Labute approximate surface area is 181 Å². The highest BCUT2D eigenvalue weighted by molar-refractivity contribution is 7.99. The number of carbonyl (C=O) groups excluding carboxylic acids is 1. The zero-order chi connectivity index (χ0) is 22.3. The van der Waals surface area contributed by atoms with Gasteiger partial charge in [0, 0.05) is 4.90 Å². The van der Waals surface area contributed by atoms with E-state index in [1.165, 1.54) is 11.1 Å². The van der Waals surface area contributed by atoms with Gasteiger partial charge in [-0.2, -0.15) is 0 Å². The number of aryl methyl sites for hydroxylation is 3. The van der Waals surface area contributed by atoms with Crippen LogP contribution in [0.15, 0.2) is 28.1 Å². The fourth-order valence-corrected chi connectivity index (χ4v) is 4.35. The van der Waals surface area contributed by atoms with Crippen LogP contribution in [0.1, 0.15) is 55.3 Å². The number of aromatic nitrogens is 2. The van der Waals surface area contributed by atoms with Crippen LogP contribution in [-0.4, -0.2) is 39.8 Å². The van der Waals surface area contributed by atoms with Crippen LogP contribution in [0.2, 0.25) is 0 Å². The van der Waals surface area contributed by atoms with Crippen molar-refractivity contribution in [3.8, 4) is 0 Å². The second-order valence-electron chi connectivity index (χ2n) is 7.51. The second-order valence-corrected chi connectivity index (χ2v) is 8.57. The number of hydrogen-bond donors (Lipinski definition) is 1. The maximum Gasteiger partial charge on any atom is 0.306 e. The molecule has 0 aliphatic rings. The standard InChI is InChI=1S/C22H30N2O5S/c1-14(2)21-22(30-18-11-15(3)10-16(4)12-18)24(17(5)23-21)13-28-8-9-29-20(27)7-6-19(25)26/h10-12,14H,6-9,13H2,1-5H3,(H,25,26). The van der Waals surface area contributed by atoms with Crippen molar-refractivity contribution in [2.24, 2.45) is 0 Å². The highest BCUT2D eigenvalue weighted by Gasteiger charge is 2.19. The van der Waals surface area contributed by atoms with E-state index in [0.717, 1.165) is 21.4 Å². The number of hydrogen-bond acceptors (Lipinski definition) is 6. The van der Waals surface area contributed by atoms with Gasteiger partial charge in [-0.25, -0.2) is 4.98 Å². The molecule has 0 bridgehead atoms. The molecule has 164 valence electrons. The molecule has 0 aliphatic carbocycles. The van der Waals surface area contributed by atoms with Crippen molar-refractivity contribution >= 4 is 23.7 Å². The van der Waals surface area contributed by atoms with Crippen molar-refractivity contribution in [3.05, 3.63) is 40.8 Å². The number of carboxylic acids is 1. The lowest BCUT2D eigenvalue weighted by Gasteiger charge is -2.13. The van der Waals surface area contributed by atoms with Gasteiger partial charge in [0.15, 0.2) is 0 Å². The molecule has 7 nitrogen and oxygen atoms in total. The molecule has 0 aliphatic heterocycles. The lowest BCUT2D eigenvalue weighted by atomic mass is 10.1. The smallest absolute Gasteiger partial charge is 0.306 e. The molecule has 1 aromatic carbocycles. The molecule has 0 spiro atoms. The molecule has 1 aromatic heterocycles. The van der Waals surface area contributed by atoms with E-state index in [9.17, 15) is 9.59 Å². The lowest BCUT2D eigenvalue weighted by Crippen LogP contribution is -2.14. The number of carbonyl (C=O) groups is 2. The van der Waals surface area contributed by atoms with E-state index in [0.29, 0.717) is 6.73 Å². The van der Waals surface area contributed by atoms with Crippen LogP contribution in [0, 0.1) is 20.8 Å². The third kappa shape index (κ3) is 7.18. The molecular formula is C22H30N2O5S. The predicted octanol–water partition coefficient (Wildman–Crippen LogP) is 4.47. The van der Waals surface area contributed by atoms with Crippen molar-refractivity contribution in [2.75, 3.05) is 13.2 Å². The monoisotopic (exact) mass is 434 g/mol. The van der Waals surface area contributed by atoms with E-state index < -0.39 is 11.9 Å². The van der Waals surface area contributed by atoms with Crippen LogP contribution in [0.4, 0.5) is 0 Å². The largest absolute Gasteiger partial charge is 0.481 e. The average molecular weight is 435 g/mol. The molecule has 0 saturated carbocycles. The summed E-state index contributed by atoms with van der Waals surface area (Å²) in [6.07, 6.45) is -0.366. The topological polar surface area (TPSA) is 90.7 Å². The third-order valence-electron chi connectivity index (χ3n) is 4.35. The predicted molar refractivity (Wildman–Crippen MR) is 115 cm³/mol. The van der Waals surface area contributed by atoms with Gasteiger partial charge in [-0.3, -0.25) is 14.2 Å². The van der Waals surface area contributed by atoms with Gasteiger partial charge in [0.05, 0.1) is 25.1 Å². The van der Waals surface area contributed by atoms with Crippen LogP contribution < -0.4 is 0 Å². The van der Waals surface area contributed by atoms with Gasteiger partial charge in [-0.1, -0.05) is 31.7 Å². The molecule has 0 amide bonds. The van der Waals surface area contributed by atoms with Crippen molar-refractivity contribution in [1.29, 1.82) is 0 Å². The normalized spacial score (nSPS) is 11.1. The van der Waals surface area contributed by atoms with Gasteiger partial charge in [0.25, 0.3) is 0 Å². The first-order chi connectivity index (χ1) is 14.2. The highest BCUT2D eigenvalue weighted by atomic mass is 32.2. The van der Waals surface area contributed by atoms with E-state index in [2.05, 4.69) is 45.9 Å². The number of aliphatic carboxylic acids is 1.